The van der Waals surface area contributed by atoms with E-state index in [9.17, 15) is 9.59 Å². The highest BCUT2D eigenvalue weighted by atomic mass is 16.8. The Balaban J connectivity index is 1.92. The van der Waals surface area contributed by atoms with Gasteiger partial charge in [-0.2, -0.15) is 0 Å². The Labute approximate surface area is 131 Å². The Bertz CT molecular complexity index is 477. The van der Waals surface area contributed by atoms with Crippen LogP contribution < -0.4 is 0 Å². The molecule has 0 N–H and O–H groups in total. The minimum absolute atomic E-state index is 0.0252. The molecule has 22 heavy (non-hydrogen) atoms. The second kappa shape index (κ2) is 5.49. The van der Waals surface area contributed by atoms with E-state index < -0.39 is 5.79 Å². The van der Waals surface area contributed by atoms with Gasteiger partial charge in [-0.3, -0.25) is 9.59 Å². The van der Waals surface area contributed by atoms with Crippen LogP contribution in [0.15, 0.2) is 0 Å². The molecule has 0 aromatic carbocycles. The van der Waals surface area contributed by atoms with E-state index in [0.29, 0.717) is 13.0 Å². The van der Waals surface area contributed by atoms with Gasteiger partial charge in [0.25, 0.3) is 0 Å². The van der Waals surface area contributed by atoms with Gasteiger partial charge >= 0.3 is 5.97 Å². The Hall–Kier alpha value is -1.14. The second-order valence-electron chi connectivity index (χ2n) is 6.98. The molecular formula is C16H25NO5. The highest BCUT2D eigenvalue weighted by Crippen LogP contribution is 2.45. The SMILES string of the molecule is CCC[C@H]1CC(=O)N2C[C@H]3OC(C)(C)O[C@H]3[C@H]2[C@H]1C(=O)OC. The summed E-state index contributed by atoms with van der Waals surface area (Å²) in [5, 5.41) is 0. The van der Waals surface area contributed by atoms with Gasteiger partial charge in [0.05, 0.1) is 25.6 Å². The first kappa shape index (κ1) is 15.7. The largest absolute Gasteiger partial charge is 0.469 e. The van der Waals surface area contributed by atoms with Crippen LogP contribution in [0, 0.1) is 11.8 Å². The molecule has 0 spiro atoms. The molecule has 3 aliphatic rings. The maximum absolute atomic E-state index is 12.5. The second-order valence-corrected chi connectivity index (χ2v) is 6.98. The smallest absolute Gasteiger partial charge is 0.311 e. The van der Waals surface area contributed by atoms with Crippen molar-refractivity contribution >= 4 is 11.9 Å². The third-order valence-corrected chi connectivity index (χ3v) is 5.06. The lowest BCUT2D eigenvalue weighted by atomic mass is 9.76. The minimum atomic E-state index is -0.664. The molecule has 3 heterocycles. The number of ether oxygens (including phenoxy) is 3. The molecule has 124 valence electrons. The summed E-state index contributed by atoms with van der Waals surface area (Å²) in [7, 11) is 1.41. The van der Waals surface area contributed by atoms with E-state index in [-0.39, 0.29) is 42.0 Å². The predicted octanol–water partition coefficient (Wildman–Crippen LogP) is 1.33. The molecule has 3 aliphatic heterocycles. The van der Waals surface area contributed by atoms with Crippen molar-refractivity contribution in [1.82, 2.24) is 4.90 Å². The number of methoxy groups -OCH3 is 1. The van der Waals surface area contributed by atoms with E-state index in [1.54, 1.807) is 4.90 Å². The van der Waals surface area contributed by atoms with Crippen LogP contribution in [0.25, 0.3) is 0 Å². The average molecular weight is 311 g/mol. The molecular weight excluding hydrogens is 286 g/mol. The lowest BCUT2D eigenvalue weighted by Crippen LogP contribution is -2.56. The third kappa shape index (κ3) is 2.42. The van der Waals surface area contributed by atoms with Crippen LogP contribution >= 0.6 is 0 Å². The highest BCUT2D eigenvalue weighted by molar-refractivity contribution is 5.83. The molecule has 0 radical (unpaired) electrons. The van der Waals surface area contributed by atoms with E-state index >= 15 is 0 Å². The summed E-state index contributed by atoms with van der Waals surface area (Å²) in [5.74, 6) is -1.10. The van der Waals surface area contributed by atoms with Crippen molar-refractivity contribution in [3.05, 3.63) is 0 Å². The molecule has 0 saturated carbocycles. The van der Waals surface area contributed by atoms with Gasteiger partial charge in [0.2, 0.25) is 5.91 Å². The first-order valence-electron chi connectivity index (χ1n) is 8.11. The summed E-state index contributed by atoms with van der Waals surface area (Å²) in [6.07, 6.45) is 1.79. The van der Waals surface area contributed by atoms with Crippen molar-refractivity contribution in [1.29, 1.82) is 0 Å². The first-order chi connectivity index (χ1) is 10.4. The van der Waals surface area contributed by atoms with E-state index in [1.165, 1.54) is 7.11 Å². The van der Waals surface area contributed by atoms with E-state index in [4.69, 9.17) is 14.2 Å². The number of piperidine rings is 1. The predicted molar refractivity (Wildman–Crippen MR) is 77.8 cm³/mol. The Morgan fingerprint density at radius 3 is 2.77 bits per heavy atom. The summed E-state index contributed by atoms with van der Waals surface area (Å²) < 4.78 is 17.0. The molecule has 6 heteroatoms. The van der Waals surface area contributed by atoms with Crippen molar-refractivity contribution in [2.24, 2.45) is 11.8 Å². The number of carbonyl (C=O) groups excluding carboxylic acids is 2. The fourth-order valence-corrected chi connectivity index (χ4v) is 4.32. The summed E-state index contributed by atoms with van der Waals surface area (Å²) in [4.78, 5) is 26.6. The van der Waals surface area contributed by atoms with Crippen LogP contribution in [-0.4, -0.2) is 54.5 Å². The van der Waals surface area contributed by atoms with Gasteiger partial charge in [-0.1, -0.05) is 13.3 Å². The molecule has 3 saturated heterocycles. The summed E-state index contributed by atoms with van der Waals surface area (Å²) in [6.45, 7) is 6.32. The monoisotopic (exact) mass is 311 g/mol. The molecule has 6 nitrogen and oxygen atoms in total. The number of rotatable bonds is 3. The zero-order chi connectivity index (χ0) is 16.1. The molecule has 1 amide bonds. The molecule has 5 atom stereocenters. The molecule has 0 bridgehead atoms. The average Bonchev–Trinajstić information content (AvgIpc) is 2.92. The van der Waals surface area contributed by atoms with Gasteiger partial charge in [-0.15, -0.1) is 0 Å². The van der Waals surface area contributed by atoms with Crippen molar-refractivity contribution in [3.8, 4) is 0 Å². The molecule has 3 rings (SSSR count). The number of fused-ring (bicyclic) bond motifs is 3. The Morgan fingerprint density at radius 1 is 1.41 bits per heavy atom. The zero-order valence-corrected chi connectivity index (χ0v) is 13.7. The zero-order valence-electron chi connectivity index (χ0n) is 13.7. The molecule has 0 aromatic heterocycles. The van der Waals surface area contributed by atoms with Crippen LogP contribution in [-0.2, 0) is 23.8 Å². The minimum Gasteiger partial charge on any atom is -0.469 e. The van der Waals surface area contributed by atoms with Gasteiger partial charge in [0.1, 0.15) is 12.2 Å². The fourth-order valence-electron chi connectivity index (χ4n) is 4.32. The normalized spacial score (nSPS) is 39.5. The van der Waals surface area contributed by atoms with Crippen molar-refractivity contribution in [2.45, 2.75) is 64.1 Å². The highest BCUT2D eigenvalue weighted by Gasteiger charge is 2.60. The van der Waals surface area contributed by atoms with E-state index in [2.05, 4.69) is 6.92 Å². The fraction of sp³-hybridized carbons (Fsp3) is 0.875. The quantitative estimate of drug-likeness (QED) is 0.736. The standard InChI is InChI=1S/C16H25NO5/c1-5-6-9-7-11(18)17-8-10-14(22-16(2,3)21-10)13(17)12(9)15(19)20-4/h9-10,12-14H,5-8H2,1-4H3/t9-,10+,12-,13+,14+/m0/s1. The van der Waals surface area contributed by atoms with Crippen LogP contribution in [0.2, 0.25) is 0 Å². The number of hydrogen-bond donors (Lipinski definition) is 0. The van der Waals surface area contributed by atoms with Gasteiger partial charge < -0.3 is 19.1 Å². The number of amides is 1. The van der Waals surface area contributed by atoms with Gasteiger partial charge in [-0.25, -0.2) is 0 Å². The Kier molecular flexibility index (Phi) is 3.93. The van der Waals surface area contributed by atoms with Crippen molar-refractivity contribution in [3.63, 3.8) is 0 Å². The number of esters is 1. The van der Waals surface area contributed by atoms with Gasteiger partial charge in [-0.05, 0) is 26.2 Å². The van der Waals surface area contributed by atoms with Crippen LogP contribution in [0.3, 0.4) is 0 Å². The Morgan fingerprint density at radius 2 is 2.14 bits per heavy atom. The van der Waals surface area contributed by atoms with Gasteiger partial charge in [0.15, 0.2) is 5.79 Å². The third-order valence-electron chi connectivity index (χ3n) is 5.06. The van der Waals surface area contributed by atoms with Crippen molar-refractivity contribution in [2.75, 3.05) is 13.7 Å². The summed E-state index contributed by atoms with van der Waals surface area (Å²) in [6, 6.07) is -0.267. The number of carbonyl (C=O) groups is 2. The molecule has 3 fully saturated rings. The van der Waals surface area contributed by atoms with Crippen LogP contribution in [0.1, 0.15) is 40.0 Å². The number of nitrogens with zero attached hydrogens (tertiary/aromatic N) is 1. The molecule has 0 aromatic rings. The summed E-state index contributed by atoms with van der Waals surface area (Å²) in [5.41, 5.74) is 0. The van der Waals surface area contributed by atoms with E-state index in [0.717, 1.165) is 12.8 Å². The topological polar surface area (TPSA) is 65.1 Å². The van der Waals surface area contributed by atoms with E-state index in [1.807, 2.05) is 13.8 Å². The molecule has 0 unspecified atom stereocenters. The van der Waals surface area contributed by atoms with Crippen LogP contribution in [0.4, 0.5) is 0 Å². The maximum Gasteiger partial charge on any atom is 0.311 e. The van der Waals surface area contributed by atoms with Gasteiger partial charge in [0, 0.05) is 6.42 Å². The molecule has 0 aliphatic carbocycles. The number of hydrogen-bond acceptors (Lipinski definition) is 5. The first-order valence-corrected chi connectivity index (χ1v) is 8.11. The maximum atomic E-state index is 12.5. The van der Waals surface area contributed by atoms with Crippen molar-refractivity contribution < 1.29 is 23.8 Å². The lowest BCUT2D eigenvalue weighted by Gasteiger charge is -2.42. The lowest BCUT2D eigenvalue weighted by molar-refractivity contribution is -0.181. The van der Waals surface area contributed by atoms with Crippen LogP contribution in [0.5, 0.6) is 0 Å². The summed E-state index contributed by atoms with van der Waals surface area (Å²) >= 11 is 0.